The number of alkyl halides is 2. The Morgan fingerprint density at radius 2 is 1.88 bits per heavy atom. The molecule has 8 heteroatoms. The Hall–Kier alpha value is -1.60. The Morgan fingerprint density at radius 1 is 1.28 bits per heavy atom. The van der Waals surface area contributed by atoms with Gasteiger partial charge in [0.2, 0.25) is 0 Å². The fourth-order valence-corrected chi connectivity index (χ4v) is 3.77. The van der Waals surface area contributed by atoms with E-state index in [4.69, 9.17) is 11.6 Å². The van der Waals surface area contributed by atoms with Gasteiger partial charge in [-0.1, -0.05) is 11.6 Å². The first kappa shape index (κ1) is 19.7. The number of hydrogen-bond donors (Lipinski definition) is 3. The lowest BCUT2D eigenvalue weighted by atomic mass is 9.80. The summed E-state index contributed by atoms with van der Waals surface area (Å²) < 4.78 is 28.7. The number of anilines is 1. The van der Waals surface area contributed by atoms with Gasteiger partial charge in [-0.15, -0.1) is 0 Å². The van der Waals surface area contributed by atoms with E-state index in [0.717, 1.165) is 12.8 Å². The van der Waals surface area contributed by atoms with Crippen molar-refractivity contribution in [2.75, 3.05) is 5.32 Å². The van der Waals surface area contributed by atoms with E-state index in [1.165, 1.54) is 18.2 Å². The van der Waals surface area contributed by atoms with Crippen LogP contribution >= 0.6 is 11.6 Å². The third-order valence-electron chi connectivity index (χ3n) is 3.93. The normalized spacial score (nSPS) is 19.5. The molecule has 1 fully saturated rings. The molecule has 1 aromatic carbocycles. The Bertz CT molecular complexity index is 622. The van der Waals surface area contributed by atoms with Crippen molar-refractivity contribution in [3.8, 4) is 5.75 Å². The fraction of sp³-hybridized carbons (Fsp3) is 0.588. The molecule has 1 heterocycles. The molecule has 140 valence electrons. The number of carbonyl (C=O) groups is 1. The molecular weight excluding hydrogens is 352 g/mol. The maximum atomic E-state index is 12.2. The molecule has 0 radical (unpaired) electrons. The molecular formula is C17H24ClF2N3O2. The molecule has 0 unspecified atom stereocenters. The second-order valence-corrected chi connectivity index (χ2v) is 8.03. The number of nitrogens with one attached hydrogen (secondary N) is 3. The van der Waals surface area contributed by atoms with Gasteiger partial charge in [0.15, 0.2) is 0 Å². The predicted molar refractivity (Wildman–Crippen MR) is 94.6 cm³/mol. The molecule has 25 heavy (non-hydrogen) atoms. The highest BCUT2D eigenvalue weighted by molar-refractivity contribution is 6.32. The minimum atomic E-state index is -2.95. The second-order valence-electron chi connectivity index (χ2n) is 7.62. The van der Waals surface area contributed by atoms with Crippen molar-refractivity contribution < 1.29 is 18.3 Å². The lowest BCUT2D eigenvalue weighted by Gasteiger charge is -2.46. The molecule has 3 N–H and O–H groups in total. The first-order valence-corrected chi connectivity index (χ1v) is 8.45. The molecule has 1 aromatic rings. The topological polar surface area (TPSA) is 62.4 Å². The van der Waals surface area contributed by atoms with Crippen LogP contribution in [0.15, 0.2) is 18.2 Å². The Balaban J connectivity index is 1.97. The lowest BCUT2D eigenvalue weighted by molar-refractivity contribution is -0.0497. The number of ether oxygens (including phenoxy) is 1. The maximum Gasteiger partial charge on any atom is 0.387 e. The summed E-state index contributed by atoms with van der Waals surface area (Å²) in [6, 6.07) is 3.77. The van der Waals surface area contributed by atoms with Gasteiger partial charge in [0.25, 0.3) is 0 Å². The Kier molecular flexibility index (Phi) is 5.79. The third kappa shape index (κ3) is 6.01. The monoisotopic (exact) mass is 375 g/mol. The summed E-state index contributed by atoms with van der Waals surface area (Å²) in [6.45, 7) is 5.44. The van der Waals surface area contributed by atoms with Crippen molar-refractivity contribution in [3.05, 3.63) is 23.2 Å². The molecule has 2 amide bonds. The number of amides is 2. The van der Waals surface area contributed by atoms with Crippen LogP contribution in [-0.2, 0) is 0 Å². The van der Waals surface area contributed by atoms with Gasteiger partial charge in [-0.25, -0.2) is 4.79 Å². The fourth-order valence-electron chi connectivity index (χ4n) is 3.55. The van der Waals surface area contributed by atoms with Gasteiger partial charge in [0, 0.05) is 22.8 Å². The number of piperidine rings is 1. The summed E-state index contributed by atoms with van der Waals surface area (Å²) in [5.41, 5.74) is 0.228. The molecule has 1 saturated heterocycles. The Morgan fingerprint density at radius 3 is 2.40 bits per heavy atom. The van der Waals surface area contributed by atoms with E-state index in [1.807, 2.05) is 0 Å². The highest BCUT2D eigenvalue weighted by Crippen LogP contribution is 2.30. The van der Waals surface area contributed by atoms with Crippen molar-refractivity contribution in [3.63, 3.8) is 0 Å². The lowest BCUT2D eigenvalue weighted by Crippen LogP contribution is -2.62. The van der Waals surface area contributed by atoms with Crippen LogP contribution in [0.4, 0.5) is 19.3 Å². The van der Waals surface area contributed by atoms with Crippen molar-refractivity contribution in [1.82, 2.24) is 10.6 Å². The van der Waals surface area contributed by atoms with E-state index in [2.05, 4.69) is 48.4 Å². The molecule has 0 atom stereocenters. The smallest absolute Gasteiger partial charge is 0.387 e. The SMILES string of the molecule is CC1(C)CC(NC(=O)Nc2ccc(OC(F)F)c(Cl)c2)CC(C)(C)N1. The number of benzene rings is 1. The van der Waals surface area contributed by atoms with E-state index in [1.54, 1.807) is 0 Å². The number of urea groups is 1. The van der Waals surface area contributed by atoms with Crippen LogP contribution in [0.5, 0.6) is 5.75 Å². The van der Waals surface area contributed by atoms with Crippen LogP contribution in [0.1, 0.15) is 40.5 Å². The molecule has 2 rings (SSSR count). The van der Waals surface area contributed by atoms with Crippen LogP contribution in [0.25, 0.3) is 0 Å². The first-order valence-electron chi connectivity index (χ1n) is 8.07. The van der Waals surface area contributed by atoms with Gasteiger partial charge in [0.1, 0.15) is 5.75 Å². The van der Waals surface area contributed by atoms with Gasteiger partial charge in [-0.3, -0.25) is 0 Å². The molecule has 0 bridgehead atoms. The van der Waals surface area contributed by atoms with Crippen LogP contribution in [0.3, 0.4) is 0 Å². The zero-order chi connectivity index (χ0) is 18.8. The van der Waals surface area contributed by atoms with Gasteiger partial charge < -0.3 is 20.7 Å². The zero-order valence-electron chi connectivity index (χ0n) is 14.8. The number of carbonyl (C=O) groups excluding carboxylic acids is 1. The third-order valence-corrected chi connectivity index (χ3v) is 4.23. The van der Waals surface area contributed by atoms with Crippen LogP contribution in [0.2, 0.25) is 5.02 Å². The molecule has 0 aromatic heterocycles. The average molecular weight is 376 g/mol. The summed E-state index contributed by atoms with van der Waals surface area (Å²) in [7, 11) is 0. The highest BCUT2D eigenvalue weighted by atomic mass is 35.5. The second kappa shape index (κ2) is 7.33. The molecule has 1 aliphatic rings. The number of halogens is 3. The molecule has 5 nitrogen and oxygen atoms in total. The van der Waals surface area contributed by atoms with Crippen molar-refractivity contribution in [2.45, 2.75) is 64.3 Å². The maximum absolute atomic E-state index is 12.2. The van der Waals surface area contributed by atoms with Gasteiger partial charge >= 0.3 is 12.6 Å². The van der Waals surface area contributed by atoms with Gasteiger partial charge in [-0.2, -0.15) is 8.78 Å². The summed E-state index contributed by atoms with van der Waals surface area (Å²) in [6.07, 6.45) is 1.59. The van der Waals surface area contributed by atoms with Gasteiger partial charge in [0.05, 0.1) is 5.02 Å². The van der Waals surface area contributed by atoms with E-state index in [9.17, 15) is 13.6 Å². The minimum absolute atomic E-state index is 0.00207. The number of rotatable bonds is 4. The van der Waals surface area contributed by atoms with Crippen molar-refractivity contribution >= 4 is 23.3 Å². The average Bonchev–Trinajstić information content (AvgIpc) is 2.37. The van der Waals surface area contributed by atoms with E-state index >= 15 is 0 Å². The Labute approximate surface area is 151 Å². The van der Waals surface area contributed by atoms with E-state index in [0.29, 0.717) is 5.69 Å². The van der Waals surface area contributed by atoms with Crippen LogP contribution < -0.4 is 20.7 Å². The predicted octanol–water partition coefficient (Wildman–Crippen LogP) is 4.37. The first-order chi connectivity index (χ1) is 11.5. The molecule has 1 aliphatic heterocycles. The summed E-state index contributed by atoms with van der Waals surface area (Å²) in [5.74, 6) is -0.135. The molecule has 0 aliphatic carbocycles. The largest absolute Gasteiger partial charge is 0.433 e. The molecule has 0 spiro atoms. The van der Waals surface area contributed by atoms with Crippen molar-refractivity contribution in [2.24, 2.45) is 0 Å². The van der Waals surface area contributed by atoms with Crippen molar-refractivity contribution in [1.29, 1.82) is 0 Å². The van der Waals surface area contributed by atoms with E-state index < -0.39 is 6.61 Å². The van der Waals surface area contributed by atoms with Crippen LogP contribution in [-0.4, -0.2) is 29.8 Å². The molecule has 0 saturated carbocycles. The minimum Gasteiger partial charge on any atom is -0.433 e. The highest BCUT2D eigenvalue weighted by Gasteiger charge is 2.38. The zero-order valence-corrected chi connectivity index (χ0v) is 15.5. The van der Waals surface area contributed by atoms with Gasteiger partial charge in [-0.05, 0) is 58.7 Å². The standard InChI is InChI=1S/C17H24ClF2N3O2/c1-16(2)8-11(9-17(3,4)23-16)22-15(24)21-10-5-6-13(12(18)7-10)25-14(19)20/h5-7,11,14,23H,8-9H2,1-4H3,(H2,21,22,24). The summed E-state index contributed by atoms with van der Waals surface area (Å²) >= 11 is 5.89. The summed E-state index contributed by atoms with van der Waals surface area (Å²) in [5, 5.41) is 9.18. The quantitative estimate of drug-likeness (QED) is 0.732. The van der Waals surface area contributed by atoms with Crippen LogP contribution in [0, 0.1) is 0 Å². The van der Waals surface area contributed by atoms with E-state index in [-0.39, 0.29) is 33.9 Å². The number of hydrogen-bond acceptors (Lipinski definition) is 3. The summed E-state index contributed by atoms with van der Waals surface area (Å²) in [4.78, 5) is 12.2.